The summed E-state index contributed by atoms with van der Waals surface area (Å²) in [6.45, 7) is 6.31. The molecule has 7 nitrogen and oxygen atoms in total. The van der Waals surface area contributed by atoms with Crippen molar-refractivity contribution in [1.82, 2.24) is 9.78 Å². The average Bonchev–Trinajstić information content (AvgIpc) is 3.08. The smallest absolute Gasteiger partial charge is 0.229 e. The van der Waals surface area contributed by atoms with Gasteiger partial charge in [-0.1, -0.05) is 20.8 Å². The van der Waals surface area contributed by atoms with Gasteiger partial charge in [0.1, 0.15) is 5.75 Å². The minimum absolute atomic E-state index is 0.0667. The van der Waals surface area contributed by atoms with E-state index in [-0.39, 0.29) is 23.7 Å². The molecule has 1 aromatic carbocycles. The highest BCUT2D eigenvalue weighted by Gasteiger charge is 2.15. The summed E-state index contributed by atoms with van der Waals surface area (Å²) in [5.41, 5.74) is 1.20. The summed E-state index contributed by atoms with van der Waals surface area (Å²) >= 11 is 0. The van der Waals surface area contributed by atoms with Gasteiger partial charge < -0.3 is 15.4 Å². The molecule has 0 saturated heterocycles. The molecule has 0 radical (unpaired) electrons. The van der Waals surface area contributed by atoms with E-state index in [1.807, 2.05) is 33.0 Å². The van der Waals surface area contributed by atoms with Crippen molar-refractivity contribution >= 4 is 23.2 Å². The van der Waals surface area contributed by atoms with Crippen LogP contribution in [0.15, 0.2) is 36.7 Å². The summed E-state index contributed by atoms with van der Waals surface area (Å²) in [5, 5.41) is 9.82. The fourth-order valence-electron chi connectivity index (χ4n) is 2.48. The number of nitrogens with one attached hydrogen (secondary N) is 2. The van der Waals surface area contributed by atoms with Gasteiger partial charge in [0.05, 0.1) is 25.3 Å². The van der Waals surface area contributed by atoms with Crippen LogP contribution in [0.3, 0.4) is 0 Å². The van der Waals surface area contributed by atoms with E-state index in [0.717, 1.165) is 0 Å². The van der Waals surface area contributed by atoms with E-state index in [4.69, 9.17) is 4.74 Å². The zero-order chi connectivity index (χ0) is 19.1. The van der Waals surface area contributed by atoms with E-state index in [9.17, 15) is 9.59 Å². The summed E-state index contributed by atoms with van der Waals surface area (Å²) < 4.78 is 7.06. The van der Waals surface area contributed by atoms with Gasteiger partial charge in [0, 0.05) is 30.6 Å². The number of anilines is 2. The SMILES string of the molecule is COc1cc(NC(=O)[C@@H](C)Cn2cccn2)ccc1NC(=O)CC(C)C. The highest BCUT2D eigenvalue weighted by Crippen LogP contribution is 2.28. The normalized spacial score (nSPS) is 11.9. The number of amides is 2. The summed E-state index contributed by atoms with van der Waals surface area (Å²) in [6, 6.07) is 6.99. The topological polar surface area (TPSA) is 85.2 Å². The Bertz CT molecular complexity index is 741. The van der Waals surface area contributed by atoms with Gasteiger partial charge >= 0.3 is 0 Å². The van der Waals surface area contributed by atoms with Crippen molar-refractivity contribution in [2.75, 3.05) is 17.7 Å². The first kappa shape index (κ1) is 19.5. The van der Waals surface area contributed by atoms with Crippen molar-refractivity contribution in [3.63, 3.8) is 0 Å². The third kappa shape index (κ3) is 5.61. The molecule has 2 N–H and O–H groups in total. The quantitative estimate of drug-likeness (QED) is 0.759. The molecule has 26 heavy (non-hydrogen) atoms. The predicted octanol–water partition coefficient (Wildman–Crippen LogP) is 3.15. The molecule has 0 aliphatic carbocycles. The second-order valence-electron chi connectivity index (χ2n) is 6.68. The maximum Gasteiger partial charge on any atom is 0.229 e. The van der Waals surface area contributed by atoms with Crippen molar-refractivity contribution in [2.24, 2.45) is 11.8 Å². The van der Waals surface area contributed by atoms with Crippen LogP contribution in [-0.2, 0) is 16.1 Å². The van der Waals surface area contributed by atoms with E-state index in [2.05, 4.69) is 15.7 Å². The summed E-state index contributed by atoms with van der Waals surface area (Å²) in [7, 11) is 1.53. The van der Waals surface area contributed by atoms with E-state index in [1.165, 1.54) is 7.11 Å². The first-order valence-electron chi connectivity index (χ1n) is 8.65. The van der Waals surface area contributed by atoms with Crippen LogP contribution in [0.4, 0.5) is 11.4 Å². The van der Waals surface area contributed by atoms with Crippen LogP contribution >= 0.6 is 0 Å². The van der Waals surface area contributed by atoms with Crippen LogP contribution in [0.5, 0.6) is 5.75 Å². The molecule has 7 heteroatoms. The predicted molar refractivity (Wildman–Crippen MR) is 101 cm³/mol. The molecule has 0 bridgehead atoms. The number of carbonyl (C=O) groups is 2. The number of methoxy groups -OCH3 is 1. The molecule has 1 atom stereocenters. The molecule has 0 saturated carbocycles. The lowest BCUT2D eigenvalue weighted by molar-refractivity contribution is -0.120. The molecule has 0 aliphatic heterocycles. The Labute approximate surface area is 153 Å². The molecule has 0 spiro atoms. The van der Waals surface area contributed by atoms with Gasteiger partial charge in [-0.2, -0.15) is 5.10 Å². The number of hydrogen-bond acceptors (Lipinski definition) is 4. The highest BCUT2D eigenvalue weighted by atomic mass is 16.5. The van der Waals surface area contributed by atoms with Gasteiger partial charge in [-0.15, -0.1) is 0 Å². The lowest BCUT2D eigenvalue weighted by Gasteiger charge is -2.15. The zero-order valence-electron chi connectivity index (χ0n) is 15.7. The van der Waals surface area contributed by atoms with Crippen LogP contribution in [0, 0.1) is 11.8 Å². The molecule has 2 amide bonds. The molecular formula is C19H26N4O3. The molecule has 0 fully saturated rings. The van der Waals surface area contributed by atoms with Crippen LogP contribution in [0.1, 0.15) is 27.2 Å². The molecular weight excluding hydrogens is 332 g/mol. The number of aromatic nitrogens is 2. The van der Waals surface area contributed by atoms with E-state index in [1.54, 1.807) is 29.1 Å². The molecule has 0 unspecified atom stereocenters. The first-order valence-corrected chi connectivity index (χ1v) is 8.65. The van der Waals surface area contributed by atoms with Crippen LogP contribution < -0.4 is 15.4 Å². The van der Waals surface area contributed by atoms with Crippen LogP contribution in [0.2, 0.25) is 0 Å². The maximum absolute atomic E-state index is 12.4. The third-order valence-electron chi connectivity index (χ3n) is 3.80. The van der Waals surface area contributed by atoms with E-state index in [0.29, 0.717) is 30.1 Å². The van der Waals surface area contributed by atoms with Crippen molar-refractivity contribution in [2.45, 2.75) is 33.7 Å². The maximum atomic E-state index is 12.4. The molecule has 2 aromatic rings. The number of carbonyl (C=O) groups excluding carboxylic acids is 2. The molecule has 1 heterocycles. The summed E-state index contributed by atoms with van der Waals surface area (Å²) in [4.78, 5) is 24.3. The Balaban J connectivity index is 2.01. The van der Waals surface area contributed by atoms with Gasteiger partial charge in [0.2, 0.25) is 11.8 Å². The van der Waals surface area contributed by atoms with Gasteiger partial charge in [-0.05, 0) is 24.1 Å². The lowest BCUT2D eigenvalue weighted by Crippen LogP contribution is -2.24. The van der Waals surface area contributed by atoms with Gasteiger partial charge in [-0.25, -0.2) is 0 Å². The first-order chi connectivity index (χ1) is 12.4. The van der Waals surface area contributed by atoms with Crippen molar-refractivity contribution < 1.29 is 14.3 Å². The van der Waals surface area contributed by atoms with Crippen LogP contribution in [-0.4, -0.2) is 28.7 Å². The Morgan fingerprint density at radius 2 is 2.00 bits per heavy atom. The average molecular weight is 358 g/mol. The van der Waals surface area contributed by atoms with Crippen molar-refractivity contribution in [3.8, 4) is 5.75 Å². The Morgan fingerprint density at radius 3 is 2.62 bits per heavy atom. The van der Waals surface area contributed by atoms with Gasteiger partial charge in [-0.3, -0.25) is 14.3 Å². The van der Waals surface area contributed by atoms with Gasteiger partial charge in [0.25, 0.3) is 0 Å². The Kier molecular flexibility index (Phi) is 6.77. The minimum atomic E-state index is -0.244. The molecule has 1 aromatic heterocycles. The standard InChI is InChI=1S/C19H26N4O3/c1-13(2)10-18(24)22-16-7-6-15(11-17(16)26-4)21-19(25)14(3)12-23-9-5-8-20-23/h5-9,11,13-14H,10,12H2,1-4H3,(H,21,25)(H,22,24)/t14-/m0/s1. The largest absolute Gasteiger partial charge is 0.494 e. The number of nitrogens with zero attached hydrogens (tertiary/aromatic N) is 2. The Hall–Kier alpha value is -2.83. The fourth-order valence-corrected chi connectivity index (χ4v) is 2.48. The minimum Gasteiger partial charge on any atom is -0.494 e. The molecule has 0 aliphatic rings. The number of rotatable bonds is 8. The number of benzene rings is 1. The lowest BCUT2D eigenvalue weighted by atomic mass is 10.1. The second kappa shape index (κ2) is 9.03. The fraction of sp³-hybridized carbons (Fsp3) is 0.421. The number of hydrogen-bond donors (Lipinski definition) is 2. The second-order valence-corrected chi connectivity index (χ2v) is 6.68. The monoisotopic (exact) mass is 358 g/mol. The molecule has 140 valence electrons. The summed E-state index contributed by atoms with van der Waals surface area (Å²) in [5.74, 6) is 0.351. The molecule has 2 rings (SSSR count). The van der Waals surface area contributed by atoms with Gasteiger partial charge in [0.15, 0.2) is 0 Å². The zero-order valence-corrected chi connectivity index (χ0v) is 15.7. The van der Waals surface area contributed by atoms with Crippen molar-refractivity contribution in [1.29, 1.82) is 0 Å². The third-order valence-corrected chi connectivity index (χ3v) is 3.80. The highest BCUT2D eigenvalue weighted by molar-refractivity contribution is 5.95. The van der Waals surface area contributed by atoms with E-state index < -0.39 is 0 Å². The van der Waals surface area contributed by atoms with Crippen molar-refractivity contribution in [3.05, 3.63) is 36.7 Å². The number of ether oxygens (including phenoxy) is 1. The van der Waals surface area contributed by atoms with Crippen LogP contribution in [0.25, 0.3) is 0 Å². The summed E-state index contributed by atoms with van der Waals surface area (Å²) in [6.07, 6.45) is 3.94. The Morgan fingerprint density at radius 1 is 1.23 bits per heavy atom. The van der Waals surface area contributed by atoms with E-state index >= 15 is 0 Å².